The molecule has 2 unspecified atom stereocenters. The van der Waals surface area contributed by atoms with Crippen molar-refractivity contribution in [3.63, 3.8) is 0 Å². The fourth-order valence-electron chi connectivity index (χ4n) is 2.49. The summed E-state index contributed by atoms with van der Waals surface area (Å²) >= 11 is 0. The summed E-state index contributed by atoms with van der Waals surface area (Å²) in [7, 11) is 3.29. The molecule has 2 atom stereocenters. The molecule has 0 heterocycles. The van der Waals surface area contributed by atoms with E-state index in [1.54, 1.807) is 26.2 Å². The highest BCUT2D eigenvalue weighted by Gasteiger charge is 2.42. The third kappa shape index (κ3) is 5.82. The van der Waals surface area contributed by atoms with Crippen molar-refractivity contribution in [1.29, 1.82) is 0 Å². The molecule has 6 nitrogen and oxygen atoms in total. The minimum absolute atomic E-state index is 0.00646. The highest BCUT2D eigenvalue weighted by Crippen LogP contribution is 2.45. The third-order valence-electron chi connectivity index (χ3n) is 3.87. The lowest BCUT2D eigenvalue weighted by Crippen LogP contribution is -2.40. The Bertz CT molecular complexity index is 662. The smallest absolute Gasteiger partial charge is 0.405 e. The second-order valence-corrected chi connectivity index (χ2v) is 6.16. The number of likely N-dealkylation sites (N-methyl/N-ethyl adjacent to an activating group) is 1. The van der Waals surface area contributed by atoms with Gasteiger partial charge in [-0.1, -0.05) is 18.2 Å². The van der Waals surface area contributed by atoms with Gasteiger partial charge in [0.25, 0.3) is 0 Å². The number of para-hydroxylation sites is 1. The minimum atomic E-state index is -4.73. The van der Waals surface area contributed by atoms with Crippen LogP contribution in [0.5, 0.6) is 5.75 Å². The first-order chi connectivity index (χ1) is 12.2. The van der Waals surface area contributed by atoms with Gasteiger partial charge in [0, 0.05) is 32.6 Å². The Morgan fingerprint density at radius 2 is 2.04 bits per heavy atom. The van der Waals surface area contributed by atoms with Crippen LogP contribution >= 0.6 is 0 Å². The topological polar surface area (TPSA) is 66.0 Å². The van der Waals surface area contributed by atoms with Crippen LogP contribution in [-0.4, -0.2) is 56.4 Å². The van der Waals surface area contributed by atoms with Gasteiger partial charge in [-0.15, -0.1) is 13.2 Å². The summed E-state index contributed by atoms with van der Waals surface area (Å²) in [6.45, 7) is 2.49. The predicted octanol–water partition coefficient (Wildman–Crippen LogP) is 2.08. The van der Waals surface area contributed by atoms with E-state index in [-0.39, 0.29) is 30.2 Å². The number of nitrogens with one attached hydrogen (secondary N) is 2. The molecular formula is C17H23F3N4O2. The van der Waals surface area contributed by atoms with Gasteiger partial charge in [0.1, 0.15) is 12.3 Å². The number of carbonyl (C=O) groups excluding carboxylic acids is 1. The molecule has 9 heteroatoms. The van der Waals surface area contributed by atoms with Crippen molar-refractivity contribution in [2.24, 2.45) is 4.99 Å². The largest absolute Gasteiger partial charge is 0.573 e. The lowest BCUT2D eigenvalue weighted by atomic mass is 10.1. The maximum absolute atomic E-state index is 12.6. The normalized spacial score (nSPS) is 19.7. The van der Waals surface area contributed by atoms with E-state index < -0.39 is 6.36 Å². The number of carbonyl (C=O) groups is 1. The molecule has 1 aromatic carbocycles. The number of alkyl halides is 3. The molecule has 0 bridgehead atoms. The number of benzene rings is 1. The fourth-order valence-corrected chi connectivity index (χ4v) is 2.49. The van der Waals surface area contributed by atoms with E-state index in [0.29, 0.717) is 24.5 Å². The summed E-state index contributed by atoms with van der Waals surface area (Å²) in [5, 5.41) is 6.19. The Balaban J connectivity index is 2.03. The van der Waals surface area contributed by atoms with Crippen LogP contribution in [0.2, 0.25) is 0 Å². The molecule has 0 saturated heterocycles. The summed E-state index contributed by atoms with van der Waals surface area (Å²) in [5.41, 5.74) is 0.502. The van der Waals surface area contributed by atoms with Crippen molar-refractivity contribution in [3.8, 4) is 5.75 Å². The molecule has 2 rings (SSSR count). The number of halogens is 3. The molecule has 1 aliphatic rings. The Hall–Kier alpha value is -2.45. The number of amides is 1. The van der Waals surface area contributed by atoms with Crippen molar-refractivity contribution in [2.45, 2.75) is 31.7 Å². The van der Waals surface area contributed by atoms with E-state index in [0.717, 1.165) is 0 Å². The molecule has 1 saturated carbocycles. The third-order valence-corrected chi connectivity index (χ3v) is 3.87. The first-order valence-corrected chi connectivity index (χ1v) is 8.31. The van der Waals surface area contributed by atoms with Crippen molar-refractivity contribution in [1.82, 2.24) is 15.5 Å². The average Bonchev–Trinajstić information content (AvgIpc) is 3.30. The number of guanidine groups is 1. The zero-order valence-corrected chi connectivity index (χ0v) is 14.9. The van der Waals surface area contributed by atoms with Crippen LogP contribution in [-0.2, 0) is 4.79 Å². The Kier molecular flexibility index (Phi) is 6.33. The number of rotatable bonds is 6. The number of hydrogen-bond donors (Lipinski definition) is 2. The van der Waals surface area contributed by atoms with Crippen LogP contribution in [0.3, 0.4) is 0 Å². The summed E-state index contributed by atoms with van der Waals surface area (Å²) < 4.78 is 41.8. The van der Waals surface area contributed by atoms with Crippen LogP contribution in [0.4, 0.5) is 13.2 Å². The molecule has 0 aromatic heterocycles. The molecule has 1 fully saturated rings. The second-order valence-electron chi connectivity index (χ2n) is 6.16. The predicted molar refractivity (Wildman–Crippen MR) is 92.1 cm³/mol. The Labute approximate surface area is 150 Å². The Morgan fingerprint density at radius 3 is 2.65 bits per heavy atom. The maximum Gasteiger partial charge on any atom is 0.573 e. The van der Waals surface area contributed by atoms with Gasteiger partial charge in [-0.25, -0.2) is 4.99 Å². The van der Waals surface area contributed by atoms with Crippen molar-refractivity contribution < 1.29 is 22.7 Å². The number of aliphatic imine (C=N–C) groups is 1. The van der Waals surface area contributed by atoms with Gasteiger partial charge in [0.2, 0.25) is 5.91 Å². The fraction of sp³-hybridized carbons (Fsp3) is 0.529. The van der Waals surface area contributed by atoms with Gasteiger partial charge in [-0.05, 0) is 25.0 Å². The number of ether oxygens (including phenoxy) is 1. The summed E-state index contributed by atoms with van der Waals surface area (Å²) in [5.74, 6) is 0.0314. The molecule has 0 spiro atoms. The number of nitrogens with zero attached hydrogens (tertiary/aromatic N) is 2. The molecule has 1 amide bonds. The van der Waals surface area contributed by atoms with Gasteiger partial charge in [0.05, 0.1) is 0 Å². The van der Waals surface area contributed by atoms with Crippen molar-refractivity contribution >= 4 is 11.9 Å². The Morgan fingerprint density at radius 1 is 1.35 bits per heavy atom. The zero-order valence-electron chi connectivity index (χ0n) is 14.9. The van der Waals surface area contributed by atoms with Gasteiger partial charge in [-0.3, -0.25) is 4.79 Å². The molecule has 144 valence electrons. The van der Waals surface area contributed by atoms with Crippen LogP contribution in [0.15, 0.2) is 29.3 Å². The van der Waals surface area contributed by atoms with Crippen LogP contribution in [0.25, 0.3) is 0 Å². The molecule has 0 radical (unpaired) electrons. The quantitative estimate of drug-likeness (QED) is 0.593. The first kappa shape index (κ1) is 19.9. The minimum Gasteiger partial charge on any atom is -0.405 e. The zero-order chi connectivity index (χ0) is 19.3. The average molecular weight is 372 g/mol. The standard InChI is InChI=1S/C17H23F3N4O2/c1-4-21-16(22-10-15(25)24(2)3)23-13-9-12(13)11-7-5-6-8-14(11)26-17(18,19)20/h5-8,12-13H,4,9-10H2,1-3H3,(H2,21,22,23). The first-order valence-electron chi connectivity index (χ1n) is 8.31. The summed E-state index contributed by atoms with van der Waals surface area (Å²) in [6.07, 6.45) is -4.07. The van der Waals surface area contributed by atoms with Crippen LogP contribution in [0, 0.1) is 0 Å². The van der Waals surface area contributed by atoms with E-state index >= 15 is 0 Å². The van der Waals surface area contributed by atoms with E-state index in [1.165, 1.54) is 17.0 Å². The van der Waals surface area contributed by atoms with Crippen molar-refractivity contribution in [2.75, 3.05) is 27.2 Å². The van der Waals surface area contributed by atoms with Gasteiger partial charge in [0.15, 0.2) is 5.96 Å². The second kappa shape index (κ2) is 8.29. The van der Waals surface area contributed by atoms with Crippen LogP contribution < -0.4 is 15.4 Å². The van der Waals surface area contributed by atoms with Crippen LogP contribution in [0.1, 0.15) is 24.8 Å². The highest BCUT2D eigenvalue weighted by atomic mass is 19.4. The molecule has 2 N–H and O–H groups in total. The summed E-state index contributed by atoms with van der Waals surface area (Å²) in [6, 6.07) is 6.07. The molecule has 1 aromatic rings. The molecule has 26 heavy (non-hydrogen) atoms. The van der Waals surface area contributed by atoms with E-state index in [2.05, 4.69) is 20.4 Å². The van der Waals surface area contributed by atoms with E-state index in [1.807, 2.05) is 6.92 Å². The highest BCUT2D eigenvalue weighted by molar-refractivity contribution is 5.85. The molecule has 0 aliphatic heterocycles. The van der Waals surface area contributed by atoms with Gasteiger partial charge < -0.3 is 20.3 Å². The maximum atomic E-state index is 12.6. The monoisotopic (exact) mass is 372 g/mol. The van der Waals surface area contributed by atoms with E-state index in [9.17, 15) is 18.0 Å². The molecule has 1 aliphatic carbocycles. The molecular weight excluding hydrogens is 349 g/mol. The lowest BCUT2D eigenvalue weighted by Gasteiger charge is -2.15. The SMILES string of the molecule is CCNC(=NCC(=O)N(C)C)NC1CC1c1ccccc1OC(F)(F)F. The van der Waals surface area contributed by atoms with Gasteiger partial charge in [-0.2, -0.15) is 0 Å². The van der Waals surface area contributed by atoms with Crippen molar-refractivity contribution in [3.05, 3.63) is 29.8 Å². The van der Waals surface area contributed by atoms with Gasteiger partial charge >= 0.3 is 6.36 Å². The lowest BCUT2D eigenvalue weighted by molar-refractivity contribution is -0.274. The number of hydrogen-bond acceptors (Lipinski definition) is 3. The summed E-state index contributed by atoms with van der Waals surface area (Å²) in [4.78, 5) is 17.3. The van der Waals surface area contributed by atoms with E-state index in [4.69, 9.17) is 0 Å².